The van der Waals surface area contributed by atoms with Crippen LogP contribution in [0.25, 0.3) is 11.5 Å². The van der Waals surface area contributed by atoms with Crippen molar-refractivity contribution in [2.75, 3.05) is 26.3 Å². The van der Waals surface area contributed by atoms with Crippen LogP contribution in [-0.4, -0.2) is 42.2 Å². The number of benzene rings is 2. The van der Waals surface area contributed by atoms with Gasteiger partial charge >= 0.3 is 12.1 Å². The van der Waals surface area contributed by atoms with Crippen LogP contribution in [0.1, 0.15) is 55.7 Å². The predicted octanol–water partition coefficient (Wildman–Crippen LogP) is 6.85. The van der Waals surface area contributed by atoms with Gasteiger partial charge in [-0.3, -0.25) is 9.69 Å². The van der Waals surface area contributed by atoms with Crippen LogP contribution in [0.4, 0.5) is 13.2 Å². The number of halogens is 3. The van der Waals surface area contributed by atoms with Gasteiger partial charge in [-0.1, -0.05) is 19.1 Å². The van der Waals surface area contributed by atoms with Gasteiger partial charge in [0.25, 0.3) is 0 Å². The summed E-state index contributed by atoms with van der Waals surface area (Å²) in [4.78, 5) is 19.5. The van der Waals surface area contributed by atoms with Crippen LogP contribution >= 0.6 is 0 Å². The Morgan fingerprint density at radius 2 is 1.92 bits per heavy atom. The van der Waals surface area contributed by atoms with Gasteiger partial charge in [-0.2, -0.15) is 13.2 Å². The fourth-order valence-corrected chi connectivity index (χ4v) is 5.09. The van der Waals surface area contributed by atoms with E-state index in [2.05, 4.69) is 22.9 Å². The molecular formula is C30H35F3N2O4. The number of oxazole rings is 1. The predicted molar refractivity (Wildman–Crippen MR) is 141 cm³/mol. The van der Waals surface area contributed by atoms with E-state index in [1.165, 1.54) is 12.1 Å². The molecule has 0 spiro atoms. The number of esters is 1. The molecule has 2 heterocycles. The summed E-state index contributed by atoms with van der Waals surface area (Å²) in [5, 5.41) is 0. The second-order valence-corrected chi connectivity index (χ2v) is 10.0. The summed E-state index contributed by atoms with van der Waals surface area (Å²) in [7, 11) is 0. The summed E-state index contributed by atoms with van der Waals surface area (Å²) in [6.07, 6.45) is -1.34. The van der Waals surface area contributed by atoms with Crippen molar-refractivity contribution in [2.24, 2.45) is 5.41 Å². The highest BCUT2D eigenvalue weighted by Gasteiger charge is 2.41. The fraction of sp³-hybridized carbons (Fsp3) is 0.467. The molecule has 3 aromatic rings. The van der Waals surface area contributed by atoms with Crippen molar-refractivity contribution in [3.05, 3.63) is 71.1 Å². The number of ether oxygens (including phenoxy) is 2. The van der Waals surface area contributed by atoms with E-state index in [0.717, 1.165) is 55.8 Å². The number of hydrogen-bond donors (Lipinski definition) is 0. The van der Waals surface area contributed by atoms with Gasteiger partial charge < -0.3 is 13.9 Å². The first-order valence-corrected chi connectivity index (χ1v) is 13.4. The van der Waals surface area contributed by atoms with Gasteiger partial charge in [0.05, 0.1) is 29.9 Å². The number of aryl methyl sites for hydroxylation is 1. The van der Waals surface area contributed by atoms with Crippen LogP contribution in [0.3, 0.4) is 0 Å². The van der Waals surface area contributed by atoms with E-state index in [0.29, 0.717) is 43.2 Å². The van der Waals surface area contributed by atoms with Crippen molar-refractivity contribution < 1.29 is 31.9 Å². The monoisotopic (exact) mass is 544 g/mol. The molecule has 1 aliphatic heterocycles. The van der Waals surface area contributed by atoms with Crippen LogP contribution in [0.2, 0.25) is 0 Å². The van der Waals surface area contributed by atoms with E-state index in [-0.39, 0.29) is 11.9 Å². The lowest BCUT2D eigenvalue weighted by atomic mass is 9.77. The number of alkyl halides is 3. The number of nitrogens with zero attached hydrogens (tertiary/aromatic N) is 2. The summed E-state index contributed by atoms with van der Waals surface area (Å²) in [5.74, 6) is 1.53. The average Bonchev–Trinajstić information content (AvgIpc) is 3.29. The maximum Gasteiger partial charge on any atom is 0.416 e. The summed E-state index contributed by atoms with van der Waals surface area (Å²) < 4.78 is 55.6. The van der Waals surface area contributed by atoms with Crippen molar-refractivity contribution in [1.29, 1.82) is 0 Å². The maximum absolute atomic E-state index is 12.8. The molecule has 0 saturated carbocycles. The minimum atomic E-state index is -4.39. The summed E-state index contributed by atoms with van der Waals surface area (Å²) in [6, 6.07) is 12.7. The lowest BCUT2D eigenvalue weighted by Gasteiger charge is -2.40. The van der Waals surface area contributed by atoms with Crippen molar-refractivity contribution >= 4 is 5.97 Å². The highest BCUT2D eigenvalue weighted by atomic mass is 19.4. The third kappa shape index (κ3) is 7.01. The number of carbonyl (C=O) groups is 1. The molecule has 0 N–H and O–H groups in total. The highest BCUT2D eigenvalue weighted by molar-refractivity contribution is 5.77. The van der Waals surface area contributed by atoms with E-state index in [4.69, 9.17) is 13.9 Å². The maximum atomic E-state index is 12.8. The first-order valence-electron chi connectivity index (χ1n) is 13.4. The molecule has 1 aromatic heterocycles. The van der Waals surface area contributed by atoms with Crippen LogP contribution in [-0.2, 0) is 28.7 Å². The second-order valence-electron chi connectivity index (χ2n) is 10.0. The Morgan fingerprint density at radius 3 is 2.62 bits per heavy atom. The topological polar surface area (TPSA) is 64.8 Å². The van der Waals surface area contributed by atoms with Crippen molar-refractivity contribution in [2.45, 2.75) is 59.2 Å². The van der Waals surface area contributed by atoms with Crippen LogP contribution in [0.15, 0.2) is 52.9 Å². The first-order chi connectivity index (χ1) is 18.6. The molecular weight excluding hydrogens is 509 g/mol. The average molecular weight is 545 g/mol. The zero-order valence-electron chi connectivity index (χ0n) is 22.6. The Morgan fingerprint density at radius 1 is 1.15 bits per heavy atom. The number of aromatic nitrogens is 1. The molecule has 210 valence electrons. The standard InChI is InChI=1S/C30H35F3N2O4/c1-4-29(28(36)37-5-2)15-7-16-35(20-29)19-22-8-6-9-25(18-22)38-17-14-26-21(3)39-27(34-26)23-10-12-24(13-11-23)30(31,32)33/h6,8-13,18H,4-5,7,14-17,19-20H2,1-3H3. The Labute approximate surface area is 227 Å². The Hall–Kier alpha value is -3.33. The minimum Gasteiger partial charge on any atom is -0.493 e. The molecule has 1 fully saturated rings. The molecule has 0 bridgehead atoms. The molecule has 2 aromatic carbocycles. The lowest BCUT2D eigenvalue weighted by molar-refractivity contribution is -0.159. The number of rotatable bonds is 10. The zero-order chi connectivity index (χ0) is 28.0. The van der Waals surface area contributed by atoms with Crippen molar-refractivity contribution in [3.63, 3.8) is 0 Å². The van der Waals surface area contributed by atoms with Gasteiger partial charge in [-0.15, -0.1) is 0 Å². The van der Waals surface area contributed by atoms with E-state index < -0.39 is 17.2 Å². The van der Waals surface area contributed by atoms with E-state index in [1.807, 2.05) is 25.1 Å². The SMILES string of the molecule is CCOC(=O)C1(CC)CCCN(Cc2cccc(OCCc3nc(-c4ccc(C(F)(F)F)cc4)oc3C)c2)C1. The Kier molecular flexibility index (Phi) is 9.00. The second kappa shape index (κ2) is 12.2. The Balaban J connectivity index is 1.33. The van der Waals surface area contributed by atoms with E-state index in [1.54, 1.807) is 6.92 Å². The normalized spacial score (nSPS) is 18.2. The molecule has 0 aliphatic carbocycles. The number of piperidine rings is 1. The summed E-state index contributed by atoms with van der Waals surface area (Å²) >= 11 is 0. The molecule has 1 saturated heterocycles. The van der Waals surface area contributed by atoms with Crippen LogP contribution in [0, 0.1) is 12.3 Å². The molecule has 39 heavy (non-hydrogen) atoms. The quantitative estimate of drug-likeness (QED) is 0.260. The smallest absolute Gasteiger partial charge is 0.416 e. The van der Waals surface area contributed by atoms with Gasteiger partial charge in [0.2, 0.25) is 5.89 Å². The molecule has 0 radical (unpaired) electrons. The number of likely N-dealkylation sites (tertiary alicyclic amines) is 1. The zero-order valence-corrected chi connectivity index (χ0v) is 22.6. The third-order valence-corrected chi connectivity index (χ3v) is 7.31. The van der Waals surface area contributed by atoms with Crippen LogP contribution in [0.5, 0.6) is 5.75 Å². The Bertz CT molecular complexity index is 1260. The van der Waals surface area contributed by atoms with E-state index in [9.17, 15) is 18.0 Å². The van der Waals surface area contributed by atoms with E-state index >= 15 is 0 Å². The molecule has 0 amide bonds. The molecule has 6 nitrogen and oxygen atoms in total. The minimum absolute atomic E-state index is 0.0982. The summed E-state index contributed by atoms with van der Waals surface area (Å²) in [6.45, 7) is 8.77. The van der Waals surface area contributed by atoms with Gasteiger partial charge in [0, 0.05) is 25.1 Å². The summed E-state index contributed by atoms with van der Waals surface area (Å²) in [5.41, 5.74) is 1.12. The van der Waals surface area contributed by atoms with Crippen molar-refractivity contribution in [3.8, 4) is 17.2 Å². The van der Waals surface area contributed by atoms with Gasteiger partial charge in [-0.25, -0.2) is 4.98 Å². The fourth-order valence-electron chi connectivity index (χ4n) is 5.09. The molecule has 9 heteroatoms. The number of carbonyl (C=O) groups excluding carboxylic acids is 1. The van der Waals surface area contributed by atoms with Gasteiger partial charge in [0.1, 0.15) is 11.5 Å². The van der Waals surface area contributed by atoms with Gasteiger partial charge in [0.15, 0.2) is 0 Å². The van der Waals surface area contributed by atoms with Gasteiger partial charge in [-0.05, 0) is 81.6 Å². The van der Waals surface area contributed by atoms with Crippen molar-refractivity contribution in [1.82, 2.24) is 9.88 Å². The molecule has 1 atom stereocenters. The molecule has 1 unspecified atom stereocenters. The lowest BCUT2D eigenvalue weighted by Crippen LogP contribution is -2.47. The molecule has 4 rings (SSSR count). The number of hydrogen-bond acceptors (Lipinski definition) is 6. The highest BCUT2D eigenvalue weighted by Crippen LogP contribution is 2.36. The van der Waals surface area contributed by atoms with Crippen LogP contribution < -0.4 is 4.74 Å². The third-order valence-electron chi connectivity index (χ3n) is 7.31. The first kappa shape index (κ1) is 28.7. The molecule has 1 aliphatic rings. The largest absolute Gasteiger partial charge is 0.493 e.